The third-order valence-corrected chi connectivity index (χ3v) is 4.19. The van der Waals surface area contributed by atoms with E-state index in [0.717, 1.165) is 5.39 Å². The Morgan fingerprint density at radius 2 is 2.22 bits per heavy atom. The number of fused-ring (bicyclic) bond motifs is 1. The summed E-state index contributed by atoms with van der Waals surface area (Å²) in [5.74, 6) is -0.543. The molecule has 0 amide bonds. The van der Waals surface area contributed by atoms with Gasteiger partial charge in [-0.25, -0.2) is 9.67 Å². The molecule has 23 heavy (non-hydrogen) atoms. The van der Waals surface area contributed by atoms with Crippen molar-refractivity contribution in [2.75, 3.05) is 6.61 Å². The summed E-state index contributed by atoms with van der Waals surface area (Å²) in [5, 5.41) is 5.90. The van der Waals surface area contributed by atoms with Crippen LogP contribution in [0.1, 0.15) is 12.7 Å². The van der Waals surface area contributed by atoms with Crippen molar-refractivity contribution in [1.29, 1.82) is 0 Å². The van der Waals surface area contributed by atoms with Gasteiger partial charge in [0, 0.05) is 10.4 Å². The predicted molar refractivity (Wildman–Crippen MR) is 84.4 cm³/mol. The molecule has 4 rings (SSSR count). The van der Waals surface area contributed by atoms with Crippen molar-refractivity contribution in [3.8, 4) is 0 Å². The molecule has 0 radical (unpaired) electrons. The van der Waals surface area contributed by atoms with Crippen LogP contribution >= 0.6 is 23.2 Å². The molecular weight excluding hydrogens is 341 g/mol. The molecule has 0 N–H and O–H groups in total. The van der Waals surface area contributed by atoms with Crippen molar-refractivity contribution < 1.29 is 13.9 Å². The van der Waals surface area contributed by atoms with Crippen LogP contribution < -0.4 is 0 Å². The van der Waals surface area contributed by atoms with E-state index >= 15 is 0 Å². The van der Waals surface area contributed by atoms with Gasteiger partial charge in [0.15, 0.2) is 11.3 Å². The van der Waals surface area contributed by atoms with Gasteiger partial charge in [0.25, 0.3) is 0 Å². The highest BCUT2D eigenvalue weighted by Gasteiger charge is 2.45. The smallest absolute Gasteiger partial charge is 0.249 e. The molecule has 0 aliphatic carbocycles. The van der Waals surface area contributed by atoms with Gasteiger partial charge in [-0.15, -0.1) is 0 Å². The van der Waals surface area contributed by atoms with Crippen LogP contribution in [-0.4, -0.2) is 27.5 Å². The minimum absolute atomic E-state index is 0.0641. The fraction of sp³-hybridized carbons (Fsp3) is 0.333. The number of furan rings is 1. The van der Waals surface area contributed by atoms with Gasteiger partial charge in [-0.1, -0.05) is 23.2 Å². The second kappa shape index (κ2) is 5.49. The molecule has 120 valence electrons. The second-order valence-electron chi connectivity index (χ2n) is 5.50. The lowest BCUT2D eigenvalue weighted by Gasteiger charge is -2.25. The quantitative estimate of drug-likeness (QED) is 0.719. The number of aromatic nitrogens is 3. The zero-order valence-corrected chi connectivity index (χ0v) is 13.7. The van der Waals surface area contributed by atoms with E-state index in [1.807, 2.05) is 13.0 Å². The number of halogens is 2. The summed E-state index contributed by atoms with van der Waals surface area (Å²) in [4.78, 5) is 3.95. The van der Waals surface area contributed by atoms with Crippen LogP contribution in [0, 0.1) is 0 Å². The van der Waals surface area contributed by atoms with Crippen molar-refractivity contribution in [2.45, 2.75) is 25.4 Å². The predicted octanol–water partition coefficient (Wildman–Crippen LogP) is 3.62. The first kappa shape index (κ1) is 15.0. The van der Waals surface area contributed by atoms with E-state index in [1.54, 1.807) is 23.1 Å². The average molecular weight is 354 g/mol. The van der Waals surface area contributed by atoms with Crippen LogP contribution in [0.2, 0.25) is 10.0 Å². The Morgan fingerprint density at radius 3 is 2.91 bits per heavy atom. The van der Waals surface area contributed by atoms with E-state index in [2.05, 4.69) is 10.1 Å². The maximum Gasteiger partial charge on any atom is 0.249 e. The molecule has 0 spiro atoms. The Bertz CT molecular complexity index is 849. The molecule has 0 saturated carbocycles. The molecule has 3 aromatic rings. The Hall–Kier alpha value is -1.60. The molecular formula is C15H13Cl2N3O3. The van der Waals surface area contributed by atoms with Crippen molar-refractivity contribution >= 4 is 34.2 Å². The second-order valence-corrected chi connectivity index (χ2v) is 6.35. The molecule has 1 aliphatic rings. The van der Waals surface area contributed by atoms with Gasteiger partial charge in [0.1, 0.15) is 19.2 Å². The summed E-state index contributed by atoms with van der Waals surface area (Å²) < 4.78 is 19.5. The third kappa shape index (κ3) is 2.61. The van der Waals surface area contributed by atoms with Gasteiger partial charge in [-0.3, -0.25) is 0 Å². The van der Waals surface area contributed by atoms with E-state index in [0.29, 0.717) is 34.5 Å². The summed E-state index contributed by atoms with van der Waals surface area (Å²) in [6.45, 7) is 2.72. The van der Waals surface area contributed by atoms with E-state index in [1.165, 1.54) is 6.33 Å². The van der Waals surface area contributed by atoms with Crippen molar-refractivity contribution in [2.24, 2.45) is 0 Å². The Labute approximate surface area is 141 Å². The first-order valence-electron chi connectivity index (χ1n) is 7.09. The average Bonchev–Trinajstić information content (AvgIpc) is 3.19. The van der Waals surface area contributed by atoms with Crippen LogP contribution in [0.5, 0.6) is 0 Å². The molecule has 0 unspecified atom stereocenters. The minimum atomic E-state index is -1.07. The van der Waals surface area contributed by atoms with Crippen molar-refractivity contribution in [3.05, 3.63) is 46.7 Å². The lowest BCUT2D eigenvalue weighted by molar-refractivity contribution is -0.198. The third-order valence-electron chi connectivity index (χ3n) is 3.69. The van der Waals surface area contributed by atoms with Gasteiger partial charge >= 0.3 is 0 Å². The Morgan fingerprint density at radius 1 is 1.35 bits per heavy atom. The highest BCUT2D eigenvalue weighted by atomic mass is 35.5. The largest absolute Gasteiger partial charge is 0.454 e. The molecule has 1 saturated heterocycles. The summed E-state index contributed by atoms with van der Waals surface area (Å²) in [7, 11) is 0. The minimum Gasteiger partial charge on any atom is -0.454 e. The Kier molecular flexibility index (Phi) is 3.57. The SMILES string of the molecule is C[C@@H]1CO[C@@](Cn2cncn2)(c2cc3cc(Cl)cc(Cl)c3o2)O1. The van der Waals surface area contributed by atoms with Crippen molar-refractivity contribution in [3.63, 3.8) is 0 Å². The van der Waals surface area contributed by atoms with Crippen LogP contribution in [0.3, 0.4) is 0 Å². The zero-order chi connectivity index (χ0) is 16.0. The molecule has 2 atom stereocenters. The van der Waals surface area contributed by atoms with E-state index in [9.17, 15) is 0 Å². The fourth-order valence-electron chi connectivity index (χ4n) is 2.73. The number of hydrogen-bond donors (Lipinski definition) is 0. The van der Waals surface area contributed by atoms with Crippen LogP contribution in [-0.2, 0) is 21.8 Å². The number of hydrogen-bond acceptors (Lipinski definition) is 5. The van der Waals surface area contributed by atoms with Crippen LogP contribution in [0.4, 0.5) is 0 Å². The number of rotatable bonds is 3. The standard InChI is InChI=1S/C15H13Cl2N3O3/c1-9-5-21-15(23-9,6-20-8-18-7-19-20)13-3-10-2-11(16)4-12(17)14(10)22-13/h2-4,7-9H,5-6H2,1H3/t9-,15-/m1/s1. The molecule has 0 bridgehead atoms. The van der Waals surface area contributed by atoms with E-state index in [-0.39, 0.29) is 6.10 Å². The normalized spacial score (nSPS) is 24.6. The number of benzene rings is 1. The van der Waals surface area contributed by atoms with Gasteiger partial charge in [-0.05, 0) is 25.1 Å². The lowest BCUT2D eigenvalue weighted by atomic mass is 10.2. The summed E-state index contributed by atoms with van der Waals surface area (Å²) in [6, 6.07) is 5.27. The maximum absolute atomic E-state index is 6.21. The number of nitrogens with zero attached hydrogens (tertiary/aromatic N) is 3. The fourth-order valence-corrected chi connectivity index (χ4v) is 3.27. The Balaban J connectivity index is 1.82. The topological polar surface area (TPSA) is 62.3 Å². The first-order valence-corrected chi connectivity index (χ1v) is 7.84. The zero-order valence-electron chi connectivity index (χ0n) is 12.2. The summed E-state index contributed by atoms with van der Waals surface area (Å²) >= 11 is 12.3. The lowest BCUT2D eigenvalue weighted by Crippen LogP contribution is -2.33. The van der Waals surface area contributed by atoms with Gasteiger partial charge in [-0.2, -0.15) is 5.10 Å². The first-order chi connectivity index (χ1) is 11.1. The van der Waals surface area contributed by atoms with Crippen LogP contribution in [0.15, 0.2) is 35.3 Å². The number of ether oxygens (including phenoxy) is 2. The van der Waals surface area contributed by atoms with E-state index < -0.39 is 5.79 Å². The molecule has 3 heterocycles. The summed E-state index contributed by atoms with van der Waals surface area (Å²) in [6.07, 6.45) is 3.00. The van der Waals surface area contributed by atoms with E-state index in [4.69, 9.17) is 37.1 Å². The molecule has 1 fully saturated rings. The van der Waals surface area contributed by atoms with Crippen LogP contribution in [0.25, 0.3) is 11.0 Å². The molecule has 2 aromatic heterocycles. The van der Waals surface area contributed by atoms with Gasteiger partial charge in [0.2, 0.25) is 5.79 Å². The monoisotopic (exact) mass is 353 g/mol. The van der Waals surface area contributed by atoms with Gasteiger partial charge < -0.3 is 13.9 Å². The van der Waals surface area contributed by atoms with Gasteiger partial charge in [0.05, 0.1) is 17.7 Å². The maximum atomic E-state index is 6.21. The molecule has 1 aliphatic heterocycles. The molecule has 1 aromatic carbocycles. The highest BCUT2D eigenvalue weighted by molar-refractivity contribution is 6.38. The van der Waals surface area contributed by atoms with Crippen molar-refractivity contribution in [1.82, 2.24) is 14.8 Å². The highest BCUT2D eigenvalue weighted by Crippen LogP contribution is 2.40. The molecule has 6 nitrogen and oxygen atoms in total. The molecule has 8 heteroatoms. The summed E-state index contributed by atoms with van der Waals surface area (Å²) in [5.41, 5.74) is 0.552.